The van der Waals surface area contributed by atoms with Crippen molar-refractivity contribution in [2.45, 2.75) is 32.9 Å². The fourth-order valence-corrected chi connectivity index (χ4v) is 2.46. The maximum atomic E-state index is 13.4. The third-order valence-corrected chi connectivity index (χ3v) is 3.78. The van der Waals surface area contributed by atoms with Crippen molar-refractivity contribution in [1.82, 2.24) is 30.6 Å². The maximum absolute atomic E-state index is 13.4. The molecule has 0 aliphatic heterocycles. The number of nitrogens with zero attached hydrogens (tertiary/aromatic N) is 4. The third-order valence-electron chi connectivity index (χ3n) is 3.78. The number of H-pyrrole nitrogens is 1. The summed E-state index contributed by atoms with van der Waals surface area (Å²) in [6.07, 6.45) is 1.38. The van der Waals surface area contributed by atoms with E-state index >= 15 is 0 Å². The Labute approximate surface area is 138 Å². The molecular formula is C16H19FN6O. The molecule has 2 N–H and O–H groups in total. The average Bonchev–Trinajstić information content (AvgIpc) is 3.23. The lowest BCUT2D eigenvalue weighted by Crippen LogP contribution is -2.28. The van der Waals surface area contributed by atoms with Gasteiger partial charge in [-0.3, -0.25) is 10.4 Å². The number of rotatable bonds is 6. The first-order chi connectivity index (χ1) is 11.5. The lowest BCUT2D eigenvalue weighted by Gasteiger charge is -2.23. The summed E-state index contributed by atoms with van der Waals surface area (Å²) in [5, 5.41) is 13.8. The molecule has 0 unspecified atom stereocenters. The third kappa shape index (κ3) is 3.48. The van der Waals surface area contributed by atoms with Crippen LogP contribution in [0.5, 0.6) is 0 Å². The number of halogens is 1. The number of aromatic amines is 1. The normalized spacial score (nSPS) is 14.0. The average molecular weight is 330 g/mol. The van der Waals surface area contributed by atoms with Crippen LogP contribution in [0.3, 0.4) is 0 Å². The highest BCUT2D eigenvalue weighted by atomic mass is 19.1. The Morgan fingerprint density at radius 3 is 2.75 bits per heavy atom. The van der Waals surface area contributed by atoms with Gasteiger partial charge in [-0.1, -0.05) is 31.1 Å². The van der Waals surface area contributed by atoms with Crippen LogP contribution < -0.4 is 5.32 Å². The molecule has 126 valence electrons. The summed E-state index contributed by atoms with van der Waals surface area (Å²) in [5.41, 5.74) is 0.857. The van der Waals surface area contributed by atoms with Crippen LogP contribution in [0.4, 0.5) is 4.39 Å². The summed E-state index contributed by atoms with van der Waals surface area (Å²) in [7, 11) is 0. The monoisotopic (exact) mass is 330 g/mol. The predicted octanol–water partition coefficient (Wildman–Crippen LogP) is 3.04. The predicted molar refractivity (Wildman–Crippen MR) is 85.2 cm³/mol. The molecule has 0 aliphatic rings. The molecular weight excluding hydrogens is 311 g/mol. The van der Waals surface area contributed by atoms with E-state index in [1.807, 2.05) is 26.8 Å². The molecule has 0 amide bonds. The number of hydrogen-bond acceptors (Lipinski definition) is 6. The van der Waals surface area contributed by atoms with Gasteiger partial charge in [0, 0.05) is 6.04 Å². The van der Waals surface area contributed by atoms with Crippen LogP contribution in [0.15, 0.2) is 35.1 Å². The summed E-state index contributed by atoms with van der Waals surface area (Å²) in [4.78, 5) is 8.40. The van der Waals surface area contributed by atoms with Crippen LogP contribution in [0.2, 0.25) is 0 Å². The fourth-order valence-electron chi connectivity index (χ4n) is 2.46. The quantitative estimate of drug-likeness (QED) is 0.721. The van der Waals surface area contributed by atoms with Crippen molar-refractivity contribution in [2.24, 2.45) is 5.92 Å². The molecule has 2 atom stereocenters. The van der Waals surface area contributed by atoms with Gasteiger partial charge >= 0.3 is 0 Å². The molecule has 2 heterocycles. The minimum absolute atomic E-state index is 0.0753. The molecule has 3 aromatic rings. The van der Waals surface area contributed by atoms with Crippen LogP contribution in [0.1, 0.15) is 44.3 Å². The molecule has 3 rings (SSSR count). The Kier molecular flexibility index (Phi) is 4.66. The van der Waals surface area contributed by atoms with Crippen molar-refractivity contribution in [1.29, 1.82) is 0 Å². The van der Waals surface area contributed by atoms with E-state index in [-0.39, 0.29) is 23.8 Å². The highest BCUT2D eigenvalue weighted by molar-refractivity contribution is 5.39. The van der Waals surface area contributed by atoms with Gasteiger partial charge in [-0.05, 0) is 30.5 Å². The molecule has 0 aliphatic carbocycles. The van der Waals surface area contributed by atoms with Gasteiger partial charge in [-0.15, -0.1) is 0 Å². The van der Waals surface area contributed by atoms with Crippen LogP contribution in [-0.4, -0.2) is 25.3 Å². The summed E-state index contributed by atoms with van der Waals surface area (Å²) >= 11 is 0. The Bertz CT molecular complexity index is 785. The highest BCUT2D eigenvalue weighted by Crippen LogP contribution is 2.26. The van der Waals surface area contributed by atoms with Crippen molar-refractivity contribution >= 4 is 0 Å². The van der Waals surface area contributed by atoms with Gasteiger partial charge in [0.05, 0.1) is 6.04 Å². The van der Waals surface area contributed by atoms with Gasteiger partial charge in [0.15, 0.2) is 5.82 Å². The van der Waals surface area contributed by atoms with Crippen molar-refractivity contribution in [2.75, 3.05) is 0 Å². The van der Waals surface area contributed by atoms with Crippen LogP contribution in [-0.2, 0) is 0 Å². The maximum Gasteiger partial charge on any atom is 0.244 e. The van der Waals surface area contributed by atoms with Gasteiger partial charge in [-0.25, -0.2) is 9.37 Å². The van der Waals surface area contributed by atoms with E-state index in [0.29, 0.717) is 17.5 Å². The number of nitrogens with one attached hydrogen (secondary N) is 2. The lowest BCUT2D eigenvalue weighted by atomic mass is 10.0. The fraction of sp³-hybridized carbons (Fsp3) is 0.375. The van der Waals surface area contributed by atoms with Gasteiger partial charge in [0.2, 0.25) is 11.7 Å². The van der Waals surface area contributed by atoms with E-state index in [1.165, 1.54) is 18.5 Å². The minimum Gasteiger partial charge on any atom is -0.337 e. The summed E-state index contributed by atoms with van der Waals surface area (Å²) in [6, 6.07) is 6.27. The van der Waals surface area contributed by atoms with E-state index < -0.39 is 0 Å². The van der Waals surface area contributed by atoms with E-state index in [1.54, 1.807) is 6.07 Å². The van der Waals surface area contributed by atoms with Gasteiger partial charge in [0.25, 0.3) is 0 Å². The first-order valence-corrected chi connectivity index (χ1v) is 7.75. The molecule has 2 aromatic heterocycles. The zero-order chi connectivity index (χ0) is 17.1. The minimum atomic E-state index is -0.257. The second-order valence-corrected chi connectivity index (χ2v) is 5.96. The first kappa shape index (κ1) is 16.3. The van der Waals surface area contributed by atoms with E-state index in [9.17, 15) is 4.39 Å². The second-order valence-electron chi connectivity index (χ2n) is 5.96. The highest BCUT2D eigenvalue weighted by Gasteiger charge is 2.25. The van der Waals surface area contributed by atoms with Crippen LogP contribution in [0.25, 0.3) is 11.6 Å². The van der Waals surface area contributed by atoms with Crippen LogP contribution in [0, 0.1) is 11.7 Å². The molecule has 0 spiro atoms. The Balaban J connectivity index is 1.80. The molecule has 0 saturated heterocycles. The molecule has 0 bridgehead atoms. The number of benzene rings is 1. The van der Waals surface area contributed by atoms with E-state index in [0.717, 1.165) is 5.56 Å². The zero-order valence-electron chi connectivity index (χ0n) is 13.7. The summed E-state index contributed by atoms with van der Waals surface area (Å²) in [6.45, 7) is 6.07. The van der Waals surface area contributed by atoms with Gasteiger partial charge in [-0.2, -0.15) is 10.1 Å². The first-order valence-electron chi connectivity index (χ1n) is 7.75. The molecule has 0 radical (unpaired) electrons. The number of aromatic nitrogens is 5. The lowest BCUT2D eigenvalue weighted by molar-refractivity contribution is 0.274. The Morgan fingerprint density at radius 1 is 1.25 bits per heavy atom. The van der Waals surface area contributed by atoms with Gasteiger partial charge in [0.1, 0.15) is 12.1 Å². The van der Waals surface area contributed by atoms with E-state index in [4.69, 9.17) is 4.52 Å². The number of hydrogen-bond donors (Lipinski definition) is 2. The molecule has 24 heavy (non-hydrogen) atoms. The van der Waals surface area contributed by atoms with Crippen molar-refractivity contribution in [3.8, 4) is 11.6 Å². The Morgan fingerprint density at radius 2 is 2.08 bits per heavy atom. The van der Waals surface area contributed by atoms with Crippen molar-refractivity contribution in [3.05, 3.63) is 47.9 Å². The van der Waals surface area contributed by atoms with Crippen LogP contribution >= 0.6 is 0 Å². The topological polar surface area (TPSA) is 92.5 Å². The second kappa shape index (κ2) is 6.88. The largest absolute Gasteiger partial charge is 0.337 e. The smallest absolute Gasteiger partial charge is 0.244 e. The molecule has 1 aromatic carbocycles. The van der Waals surface area contributed by atoms with Crippen molar-refractivity contribution < 1.29 is 8.91 Å². The Hall–Kier alpha value is -2.61. The molecule has 0 saturated carbocycles. The van der Waals surface area contributed by atoms with Gasteiger partial charge < -0.3 is 4.52 Å². The molecule has 7 nitrogen and oxygen atoms in total. The summed E-state index contributed by atoms with van der Waals surface area (Å²) in [5.74, 6) is 1.20. The molecule has 0 fully saturated rings. The zero-order valence-corrected chi connectivity index (χ0v) is 13.7. The standard InChI is InChI=1S/C16H19FN6O/c1-9(2)13(20-10(3)11-5-4-6-12(17)7-11)16-21-15(23-24-16)14-18-8-19-22-14/h4-10,13,20H,1-3H3,(H,18,19,22)/t10-,13+/m0/s1. The molecule has 8 heteroatoms. The SMILES string of the molecule is CC(C)[C@@H](N[C@@H](C)c1cccc(F)c1)c1nc(-c2ncn[nH]2)no1. The van der Waals surface area contributed by atoms with E-state index in [2.05, 4.69) is 30.6 Å². The van der Waals surface area contributed by atoms with Crippen molar-refractivity contribution in [3.63, 3.8) is 0 Å². The summed E-state index contributed by atoms with van der Waals surface area (Å²) < 4.78 is 18.8.